The van der Waals surface area contributed by atoms with Crippen LogP contribution in [-0.2, 0) is 14.6 Å². The summed E-state index contributed by atoms with van der Waals surface area (Å²) in [6.07, 6.45) is 5.61. The highest BCUT2D eigenvalue weighted by Gasteiger charge is 2.34. The molecular weight excluding hydrogens is 340 g/mol. The molecule has 1 aromatic rings. The Bertz CT molecular complexity index is 752. The number of hydrogen-bond acceptors (Lipinski definition) is 4. The fourth-order valence-electron chi connectivity index (χ4n) is 3.65. The highest BCUT2D eigenvalue weighted by molar-refractivity contribution is 7.90. The van der Waals surface area contributed by atoms with Crippen LogP contribution in [-0.4, -0.2) is 50.5 Å². The molecule has 6 nitrogen and oxygen atoms in total. The van der Waals surface area contributed by atoms with Crippen molar-refractivity contribution < 1.29 is 18.0 Å². The molecule has 25 heavy (non-hydrogen) atoms. The number of likely N-dealkylation sites (tertiary alicyclic amines) is 1. The zero-order valence-electron chi connectivity index (χ0n) is 14.4. The summed E-state index contributed by atoms with van der Waals surface area (Å²) >= 11 is 0. The van der Waals surface area contributed by atoms with E-state index in [4.69, 9.17) is 0 Å². The standard InChI is InChI=1S/C18H24N2O4S/c1-25(23,24)16-8-5-13(6-9-16)17(21)19-15-7-4-14(12-15)18(22)20-10-2-3-11-20/h5-6,8-9,14-15H,2-4,7,10-12H2,1H3,(H,19,21)/t14-,15+/m0/s1. The molecule has 0 unspecified atom stereocenters. The second kappa shape index (κ2) is 7.15. The molecule has 1 aromatic carbocycles. The van der Waals surface area contributed by atoms with Crippen LogP contribution < -0.4 is 5.32 Å². The summed E-state index contributed by atoms with van der Waals surface area (Å²) in [5, 5.41) is 2.97. The van der Waals surface area contributed by atoms with Gasteiger partial charge in [0.1, 0.15) is 0 Å². The van der Waals surface area contributed by atoms with E-state index in [2.05, 4.69) is 5.32 Å². The lowest BCUT2D eigenvalue weighted by Gasteiger charge is -2.20. The summed E-state index contributed by atoms with van der Waals surface area (Å²) in [6.45, 7) is 1.72. The molecule has 1 saturated heterocycles. The number of amides is 2. The molecule has 2 aliphatic rings. The van der Waals surface area contributed by atoms with E-state index in [1.54, 1.807) is 0 Å². The first-order valence-electron chi connectivity index (χ1n) is 8.74. The number of carbonyl (C=O) groups is 2. The number of rotatable bonds is 4. The zero-order chi connectivity index (χ0) is 18.0. The first kappa shape index (κ1) is 17.9. The van der Waals surface area contributed by atoms with Crippen molar-refractivity contribution in [1.82, 2.24) is 10.2 Å². The highest BCUT2D eigenvalue weighted by atomic mass is 32.2. The van der Waals surface area contributed by atoms with Crippen LogP contribution in [0.4, 0.5) is 0 Å². The first-order chi connectivity index (χ1) is 11.8. The highest BCUT2D eigenvalue weighted by Crippen LogP contribution is 2.28. The maximum atomic E-state index is 12.4. The van der Waals surface area contributed by atoms with Crippen LogP contribution in [0, 0.1) is 5.92 Å². The molecule has 2 fully saturated rings. The molecule has 2 atom stereocenters. The van der Waals surface area contributed by atoms with Gasteiger partial charge in [0.15, 0.2) is 9.84 Å². The SMILES string of the molecule is CS(=O)(=O)c1ccc(C(=O)N[C@@H]2CC[C@H](C(=O)N3CCCC3)C2)cc1. The minimum Gasteiger partial charge on any atom is -0.349 e. The minimum absolute atomic E-state index is 0.00126. The van der Waals surface area contributed by atoms with E-state index >= 15 is 0 Å². The largest absolute Gasteiger partial charge is 0.349 e. The zero-order valence-corrected chi connectivity index (χ0v) is 15.2. The second-order valence-corrected chi connectivity index (χ2v) is 9.03. The van der Waals surface area contributed by atoms with Gasteiger partial charge in [0.05, 0.1) is 4.90 Å². The number of nitrogens with zero attached hydrogens (tertiary/aromatic N) is 1. The van der Waals surface area contributed by atoms with Crippen LogP contribution in [0.1, 0.15) is 42.5 Å². The molecular formula is C18H24N2O4S. The third-order valence-electron chi connectivity index (χ3n) is 5.08. The molecule has 2 amide bonds. The third kappa shape index (κ3) is 4.21. The first-order valence-corrected chi connectivity index (χ1v) is 10.6. The van der Waals surface area contributed by atoms with Crippen LogP contribution in [0.15, 0.2) is 29.2 Å². The summed E-state index contributed by atoms with van der Waals surface area (Å²) in [6, 6.07) is 5.93. The molecule has 0 spiro atoms. The van der Waals surface area contributed by atoms with Gasteiger partial charge in [-0.2, -0.15) is 0 Å². The number of benzene rings is 1. The Kier molecular flexibility index (Phi) is 5.13. The molecule has 0 radical (unpaired) electrons. The van der Waals surface area contributed by atoms with E-state index in [9.17, 15) is 18.0 Å². The summed E-state index contributed by atoms with van der Waals surface area (Å²) in [5.41, 5.74) is 0.432. The average Bonchev–Trinajstić information content (AvgIpc) is 3.25. The Morgan fingerprint density at radius 3 is 2.32 bits per heavy atom. The molecule has 1 saturated carbocycles. The van der Waals surface area contributed by atoms with Crippen LogP contribution in [0.3, 0.4) is 0 Å². The summed E-state index contributed by atoms with van der Waals surface area (Å²) < 4.78 is 22.9. The van der Waals surface area contributed by atoms with Gasteiger partial charge in [0.2, 0.25) is 5.91 Å². The van der Waals surface area contributed by atoms with Gasteiger partial charge in [0.25, 0.3) is 5.91 Å². The van der Waals surface area contributed by atoms with Crippen molar-refractivity contribution in [1.29, 1.82) is 0 Å². The predicted octanol–water partition coefficient (Wildman–Crippen LogP) is 1.61. The molecule has 0 bridgehead atoms. The number of carbonyl (C=O) groups excluding carboxylic acids is 2. The summed E-state index contributed by atoms with van der Waals surface area (Å²) in [5.74, 6) is 0.0158. The Morgan fingerprint density at radius 1 is 1.08 bits per heavy atom. The summed E-state index contributed by atoms with van der Waals surface area (Å²) in [4.78, 5) is 26.9. The van der Waals surface area contributed by atoms with E-state index in [1.165, 1.54) is 24.3 Å². The third-order valence-corrected chi connectivity index (χ3v) is 6.21. The molecule has 136 valence electrons. The molecule has 1 N–H and O–H groups in total. The smallest absolute Gasteiger partial charge is 0.251 e. The van der Waals surface area contributed by atoms with Gasteiger partial charge >= 0.3 is 0 Å². The van der Waals surface area contributed by atoms with E-state index < -0.39 is 9.84 Å². The second-order valence-electron chi connectivity index (χ2n) is 7.01. The number of sulfone groups is 1. The van der Waals surface area contributed by atoms with Gasteiger partial charge in [-0.3, -0.25) is 9.59 Å². The summed E-state index contributed by atoms with van der Waals surface area (Å²) in [7, 11) is -3.27. The van der Waals surface area contributed by atoms with Gasteiger partial charge in [-0.05, 0) is 56.4 Å². The molecule has 7 heteroatoms. The van der Waals surface area contributed by atoms with Gasteiger partial charge in [0, 0.05) is 36.9 Å². The van der Waals surface area contributed by atoms with Crippen molar-refractivity contribution in [3.63, 3.8) is 0 Å². The lowest BCUT2D eigenvalue weighted by molar-refractivity contribution is -0.134. The van der Waals surface area contributed by atoms with Crippen LogP contribution in [0.2, 0.25) is 0 Å². The Morgan fingerprint density at radius 2 is 1.72 bits per heavy atom. The molecule has 1 aliphatic carbocycles. The molecule has 3 rings (SSSR count). The van der Waals surface area contributed by atoms with Gasteiger partial charge in [-0.15, -0.1) is 0 Å². The normalized spacial score (nSPS) is 23.6. The van der Waals surface area contributed by atoms with Crippen molar-refractivity contribution in [2.75, 3.05) is 19.3 Å². The maximum Gasteiger partial charge on any atom is 0.251 e. The van der Waals surface area contributed by atoms with Crippen LogP contribution in [0.5, 0.6) is 0 Å². The van der Waals surface area contributed by atoms with E-state index in [0.717, 1.165) is 45.0 Å². The van der Waals surface area contributed by atoms with Crippen molar-refractivity contribution in [2.45, 2.75) is 43.0 Å². The predicted molar refractivity (Wildman–Crippen MR) is 94.0 cm³/mol. The van der Waals surface area contributed by atoms with Crippen molar-refractivity contribution in [3.05, 3.63) is 29.8 Å². The number of hydrogen-bond donors (Lipinski definition) is 1. The average molecular weight is 364 g/mol. The lowest BCUT2D eigenvalue weighted by atomic mass is 10.1. The molecule has 1 heterocycles. The fourth-order valence-corrected chi connectivity index (χ4v) is 4.29. The van der Waals surface area contributed by atoms with Crippen molar-refractivity contribution in [3.8, 4) is 0 Å². The van der Waals surface area contributed by atoms with Gasteiger partial charge in [-0.1, -0.05) is 0 Å². The van der Waals surface area contributed by atoms with Crippen molar-refractivity contribution >= 4 is 21.7 Å². The van der Waals surface area contributed by atoms with E-state index in [-0.39, 0.29) is 28.7 Å². The van der Waals surface area contributed by atoms with Crippen molar-refractivity contribution in [2.24, 2.45) is 5.92 Å². The van der Waals surface area contributed by atoms with E-state index in [0.29, 0.717) is 12.0 Å². The quantitative estimate of drug-likeness (QED) is 0.880. The van der Waals surface area contributed by atoms with E-state index in [1.807, 2.05) is 4.90 Å². The Labute approximate surface area is 148 Å². The van der Waals surface area contributed by atoms with Gasteiger partial charge < -0.3 is 10.2 Å². The Hall–Kier alpha value is -1.89. The molecule has 0 aromatic heterocycles. The maximum absolute atomic E-state index is 12.4. The Balaban J connectivity index is 1.56. The minimum atomic E-state index is -3.27. The lowest BCUT2D eigenvalue weighted by Crippen LogP contribution is -2.36. The molecule has 1 aliphatic heterocycles. The topological polar surface area (TPSA) is 83.5 Å². The van der Waals surface area contributed by atoms with Crippen LogP contribution >= 0.6 is 0 Å². The van der Waals surface area contributed by atoms with Gasteiger partial charge in [-0.25, -0.2) is 8.42 Å². The van der Waals surface area contributed by atoms with Crippen LogP contribution in [0.25, 0.3) is 0 Å². The monoisotopic (exact) mass is 364 g/mol. The fraction of sp³-hybridized carbons (Fsp3) is 0.556. The number of nitrogens with one attached hydrogen (secondary N) is 1.